The summed E-state index contributed by atoms with van der Waals surface area (Å²) in [5.74, 6) is -1.23. The van der Waals surface area contributed by atoms with E-state index >= 15 is 0 Å². The van der Waals surface area contributed by atoms with E-state index in [1.807, 2.05) is 6.92 Å². The van der Waals surface area contributed by atoms with Gasteiger partial charge in [-0.15, -0.1) is 0 Å². The van der Waals surface area contributed by atoms with Gasteiger partial charge < -0.3 is 9.64 Å². The summed E-state index contributed by atoms with van der Waals surface area (Å²) in [4.78, 5) is 35.9. The molecule has 0 unspecified atom stereocenters. The van der Waals surface area contributed by atoms with Crippen LogP contribution in [0.15, 0.2) is 23.1 Å². The first-order valence-corrected chi connectivity index (χ1v) is 10.5. The highest BCUT2D eigenvalue weighted by Crippen LogP contribution is 2.25. The Morgan fingerprint density at radius 3 is 2.63 bits per heavy atom. The van der Waals surface area contributed by atoms with Gasteiger partial charge in [-0.1, -0.05) is 6.92 Å². The van der Waals surface area contributed by atoms with Crippen molar-refractivity contribution in [1.82, 2.24) is 4.90 Å². The topological polar surface area (TPSA) is 124 Å². The minimum absolute atomic E-state index is 0.125. The second-order valence-electron chi connectivity index (χ2n) is 6.43. The molecule has 0 saturated carbocycles. The SMILES string of the molecule is CC[C@@H]1CCCCN1C(=O)COC(=O)c1ccc(S(C)(=O)=O)c([N+](=O)[O-])c1. The molecule has 2 rings (SSSR count). The molecule has 0 N–H and O–H groups in total. The summed E-state index contributed by atoms with van der Waals surface area (Å²) in [6.07, 6.45) is 4.52. The molecule has 1 aliphatic heterocycles. The van der Waals surface area contributed by atoms with Crippen LogP contribution in [-0.2, 0) is 19.4 Å². The monoisotopic (exact) mass is 398 g/mol. The molecule has 9 nitrogen and oxygen atoms in total. The number of benzene rings is 1. The van der Waals surface area contributed by atoms with Crippen molar-refractivity contribution < 1.29 is 27.7 Å². The zero-order valence-electron chi connectivity index (χ0n) is 15.2. The minimum Gasteiger partial charge on any atom is -0.452 e. The number of ether oxygens (including phenoxy) is 1. The summed E-state index contributed by atoms with van der Waals surface area (Å²) in [5.41, 5.74) is -0.895. The van der Waals surface area contributed by atoms with E-state index in [0.717, 1.165) is 50.1 Å². The van der Waals surface area contributed by atoms with E-state index in [2.05, 4.69) is 0 Å². The molecule has 1 saturated heterocycles. The number of nitro groups is 1. The largest absolute Gasteiger partial charge is 0.452 e. The molecule has 0 spiro atoms. The third-order valence-electron chi connectivity index (χ3n) is 4.54. The van der Waals surface area contributed by atoms with Crippen LogP contribution in [0.3, 0.4) is 0 Å². The number of hydrogen-bond acceptors (Lipinski definition) is 7. The van der Waals surface area contributed by atoms with Crippen molar-refractivity contribution in [3.63, 3.8) is 0 Å². The molecule has 0 bridgehead atoms. The Hall–Kier alpha value is -2.49. The molecule has 1 heterocycles. The summed E-state index contributed by atoms with van der Waals surface area (Å²) in [6.45, 7) is 2.14. The van der Waals surface area contributed by atoms with Crippen molar-refractivity contribution in [2.75, 3.05) is 19.4 Å². The van der Waals surface area contributed by atoms with Crippen molar-refractivity contribution in [3.8, 4) is 0 Å². The Morgan fingerprint density at radius 1 is 1.33 bits per heavy atom. The highest BCUT2D eigenvalue weighted by atomic mass is 32.2. The predicted molar refractivity (Wildman–Crippen MR) is 96.1 cm³/mol. The molecule has 27 heavy (non-hydrogen) atoms. The van der Waals surface area contributed by atoms with Gasteiger partial charge in [0.15, 0.2) is 16.4 Å². The number of esters is 1. The smallest absolute Gasteiger partial charge is 0.338 e. The first kappa shape index (κ1) is 20.8. The maximum absolute atomic E-state index is 12.3. The Bertz CT molecular complexity index is 851. The van der Waals surface area contributed by atoms with Crippen LogP contribution < -0.4 is 0 Å². The van der Waals surface area contributed by atoms with E-state index in [1.165, 1.54) is 0 Å². The molecule has 0 aromatic heterocycles. The number of rotatable bonds is 6. The van der Waals surface area contributed by atoms with E-state index in [-0.39, 0.29) is 17.5 Å². The molecule has 0 aliphatic carbocycles. The summed E-state index contributed by atoms with van der Waals surface area (Å²) in [5, 5.41) is 11.1. The number of hydrogen-bond donors (Lipinski definition) is 0. The van der Waals surface area contributed by atoms with Crippen LogP contribution >= 0.6 is 0 Å². The highest BCUT2D eigenvalue weighted by molar-refractivity contribution is 7.90. The first-order valence-electron chi connectivity index (χ1n) is 8.60. The van der Waals surface area contributed by atoms with Crippen LogP contribution in [-0.4, -0.2) is 55.6 Å². The van der Waals surface area contributed by atoms with Crippen molar-refractivity contribution in [2.24, 2.45) is 0 Å². The molecule has 1 aliphatic rings. The van der Waals surface area contributed by atoms with Gasteiger partial charge in [0, 0.05) is 24.9 Å². The lowest BCUT2D eigenvalue weighted by Gasteiger charge is -2.35. The summed E-state index contributed by atoms with van der Waals surface area (Å²) in [6, 6.07) is 3.09. The van der Waals surface area contributed by atoms with Gasteiger partial charge in [0.05, 0.1) is 10.5 Å². The summed E-state index contributed by atoms with van der Waals surface area (Å²) < 4.78 is 28.2. The zero-order valence-corrected chi connectivity index (χ0v) is 16.0. The van der Waals surface area contributed by atoms with Crippen molar-refractivity contribution in [1.29, 1.82) is 0 Å². The molecule has 1 aromatic rings. The number of carbonyl (C=O) groups is 2. The van der Waals surface area contributed by atoms with Gasteiger partial charge in [-0.05, 0) is 37.8 Å². The molecule has 0 radical (unpaired) electrons. The lowest BCUT2D eigenvalue weighted by atomic mass is 10.00. The Kier molecular flexibility index (Phi) is 6.53. The zero-order chi connectivity index (χ0) is 20.2. The van der Waals surface area contributed by atoms with Gasteiger partial charge in [0.25, 0.3) is 11.6 Å². The Morgan fingerprint density at radius 2 is 2.04 bits per heavy atom. The molecular weight excluding hydrogens is 376 g/mol. The third kappa shape index (κ3) is 5.03. The van der Waals surface area contributed by atoms with Gasteiger partial charge in [0.1, 0.15) is 4.90 Å². The first-order chi connectivity index (χ1) is 12.6. The Labute approximate surface area is 157 Å². The number of piperidine rings is 1. The van der Waals surface area contributed by atoms with E-state index in [9.17, 15) is 28.1 Å². The molecule has 1 fully saturated rings. The summed E-state index contributed by atoms with van der Waals surface area (Å²) in [7, 11) is -3.82. The molecule has 1 aromatic carbocycles. The lowest BCUT2D eigenvalue weighted by Crippen LogP contribution is -2.45. The standard InChI is InChI=1S/C17H22N2O7S/c1-3-13-6-4-5-9-18(13)16(20)11-26-17(21)12-7-8-15(27(2,24)25)14(10-12)19(22)23/h7-8,10,13H,3-6,9,11H2,1-2H3/t13-/m1/s1. The van der Waals surface area contributed by atoms with Crippen molar-refractivity contribution in [3.05, 3.63) is 33.9 Å². The maximum Gasteiger partial charge on any atom is 0.338 e. The number of amides is 1. The van der Waals surface area contributed by atoms with Gasteiger partial charge in [-0.25, -0.2) is 13.2 Å². The fraction of sp³-hybridized carbons (Fsp3) is 0.529. The fourth-order valence-electron chi connectivity index (χ4n) is 3.15. The number of sulfone groups is 1. The van der Waals surface area contributed by atoms with Crippen LogP contribution in [0.5, 0.6) is 0 Å². The normalized spacial score (nSPS) is 17.4. The molecule has 1 atom stereocenters. The quantitative estimate of drug-likeness (QED) is 0.407. The van der Waals surface area contributed by atoms with E-state index in [0.29, 0.717) is 6.54 Å². The summed E-state index contributed by atoms with van der Waals surface area (Å²) >= 11 is 0. The van der Waals surface area contributed by atoms with Crippen LogP contribution in [0, 0.1) is 10.1 Å². The number of nitrogens with zero attached hydrogens (tertiary/aromatic N) is 2. The minimum atomic E-state index is -3.82. The van der Waals surface area contributed by atoms with Crippen LogP contribution in [0.4, 0.5) is 5.69 Å². The third-order valence-corrected chi connectivity index (χ3v) is 5.68. The number of likely N-dealkylation sites (tertiary alicyclic amines) is 1. The van der Waals surface area contributed by atoms with Crippen LogP contribution in [0.1, 0.15) is 43.0 Å². The molecule has 148 valence electrons. The van der Waals surface area contributed by atoms with Gasteiger partial charge in [0.2, 0.25) is 0 Å². The van der Waals surface area contributed by atoms with Crippen molar-refractivity contribution >= 4 is 27.4 Å². The number of nitro benzene ring substituents is 1. The van der Waals surface area contributed by atoms with E-state index in [1.54, 1.807) is 4.90 Å². The van der Waals surface area contributed by atoms with E-state index in [4.69, 9.17) is 4.74 Å². The fourth-order valence-corrected chi connectivity index (χ4v) is 3.98. The molecule has 10 heteroatoms. The van der Waals surface area contributed by atoms with Gasteiger partial charge in [-0.2, -0.15) is 0 Å². The second-order valence-corrected chi connectivity index (χ2v) is 8.42. The second kappa shape index (κ2) is 8.47. The van der Waals surface area contributed by atoms with Gasteiger partial charge in [-0.3, -0.25) is 14.9 Å². The van der Waals surface area contributed by atoms with Crippen LogP contribution in [0.25, 0.3) is 0 Å². The lowest BCUT2D eigenvalue weighted by molar-refractivity contribution is -0.387. The van der Waals surface area contributed by atoms with Crippen LogP contribution in [0.2, 0.25) is 0 Å². The average Bonchev–Trinajstić information content (AvgIpc) is 2.64. The van der Waals surface area contributed by atoms with Gasteiger partial charge >= 0.3 is 5.97 Å². The number of carbonyl (C=O) groups excluding carboxylic acids is 2. The highest BCUT2D eigenvalue weighted by Gasteiger charge is 2.27. The molecule has 1 amide bonds. The van der Waals surface area contributed by atoms with Crippen molar-refractivity contribution in [2.45, 2.75) is 43.5 Å². The molecular formula is C17H22N2O7S. The maximum atomic E-state index is 12.3. The average molecular weight is 398 g/mol. The van der Waals surface area contributed by atoms with E-state index < -0.39 is 37.9 Å². The predicted octanol–water partition coefficient (Wildman–Crippen LogP) is 1.95. The Balaban J connectivity index is 2.11.